The number of fused-ring (bicyclic) bond motifs is 1. The normalized spacial score (nSPS) is 14.8. The molecule has 6 nitrogen and oxygen atoms in total. The lowest BCUT2D eigenvalue weighted by atomic mass is 10.3. The van der Waals surface area contributed by atoms with Crippen LogP contribution in [0.3, 0.4) is 0 Å². The molecule has 0 aliphatic heterocycles. The molecule has 0 amide bonds. The Morgan fingerprint density at radius 1 is 1.17 bits per heavy atom. The molecule has 2 aromatic heterocycles. The van der Waals surface area contributed by atoms with Crippen LogP contribution in [0.4, 0.5) is 30.6 Å². The summed E-state index contributed by atoms with van der Waals surface area (Å²) in [5.41, 5.74) is 0.968. The van der Waals surface area contributed by atoms with Crippen molar-refractivity contribution >= 4 is 28.6 Å². The van der Waals surface area contributed by atoms with E-state index < -0.39 is 11.7 Å². The summed E-state index contributed by atoms with van der Waals surface area (Å²) in [5, 5.41) is 5.68. The molecule has 1 aromatic carbocycles. The number of alkyl halides is 3. The molecule has 0 radical (unpaired) electrons. The maximum Gasteiger partial charge on any atom is 0.421 e. The molecule has 1 saturated carbocycles. The minimum atomic E-state index is -4.51. The van der Waals surface area contributed by atoms with E-state index in [9.17, 15) is 13.2 Å². The van der Waals surface area contributed by atoms with Gasteiger partial charge in [-0.3, -0.25) is 0 Å². The molecule has 1 aliphatic rings. The van der Waals surface area contributed by atoms with Crippen molar-refractivity contribution in [3.63, 3.8) is 0 Å². The number of anilines is 3. The first-order valence-electron chi connectivity index (χ1n) is 7.30. The lowest BCUT2D eigenvalue weighted by Gasteiger charge is -2.14. The molecule has 0 saturated heterocycles. The molecule has 2 N–H and O–H groups in total. The number of rotatable bonds is 4. The average Bonchev–Trinajstić information content (AvgIpc) is 3.21. The Hall–Kier alpha value is -2.84. The van der Waals surface area contributed by atoms with Gasteiger partial charge in [0.15, 0.2) is 12.0 Å². The second-order valence-electron chi connectivity index (χ2n) is 5.53. The number of oxazole rings is 1. The SMILES string of the molecule is FC(F)(F)c1cnc(Nc2ccc3ncoc3c2)nc1NC1CC1. The van der Waals surface area contributed by atoms with E-state index in [1.807, 2.05) is 0 Å². The second kappa shape index (κ2) is 5.36. The Bertz CT molecular complexity index is 888. The molecular weight excluding hydrogens is 323 g/mol. The van der Waals surface area contributed by atoms with Gasteiger partial charge in [0.25, 0.3) is 0 Å². The maximum atomic E-state index is 13.1. The highest BCUT2D eigenvalue weighted by Crippen LogP contribution is 2.36. The Balaban J connectivity index is 1.64. The molecule has 1 fully saturated rings. The van der Waals surface area contributed by atoms with Crippen molar-refractivity contribution in [2.75, 3.05) is 10.6 Å². The van der Waals surface area contributed by atoms with Crippen LogP contribution < -0.4 is 10.6 Å². The Morgan fingerprint density at radius 3 is 2.75 bits per heavy atom. The van der Waals surface area contributed by atoms with Crippen LogP contribution >= 0.6 is 0 Å². The third-order valence-corrected chi connectivity index (χ3v) is 3.60. The number of hydrogen-bond acceptors (Lipinski definition) is 6. The highest BCUT2D eigenvalue weighted by atomic mass is 19.4. The summed E-state index contributed by atoms with van der Waals surface area (Å²) in [7, 11) is 0. The van der Waals surface area contributed by atoms with Crippen LogP contribution in [0.25, 0.3) is 11.1 Å². The summed E-state index contributed by atoms with van der Waals surface area (Å²) in [6.07, 6.45) is -0.722. The summed E-state index contributed by atoms with van der Waals surface area (Å²) in [6.45, 7) is 0. The number of nitrogens with one attached hydrogen (secondary N) is 2. The van der Waals surface area contributed by atoms with E-state index in [4.69, 9.17) is 4.42 Å². The van der Waals surface area contributed by atoms with E-state index >= 15 is 0 Å². The number of hydrogen-bond donors (Lipinski definition) is 2. The van der Waals surface area contributed by atoms with E-state index in [0.717, 1.165) is 19.0 Å². The standard InChI is InChI=1S/C15H12F3N5O/c16-15(17,18)10-6-19-14(23-13(10)21-8-1-2-8)22-9-3-4-11-12(5-9)24-7-20-11/h3-8H,1-2H2,(H2,19,21,22,23). The third-order valence-electron chi connectivity index (χ3n) is 3.60. The lowest BCUT2D eigenvalue weighted by molar-refractivity contribution is -0.137. The molecule has 2 heterocycles. The Labute approximate surface area is 134 Å². The van der Waals surface area contributed by atoms with Crippen molar-refractivity contribution in [3.8, 4) is 0 Å². The lowest BCUT2D eigenvalue weighted by Crippen LogP contribution is -2.15. The minimum absolute atomic E-state index is 0.0411. The largest absolute Gasteiger partial charge is 0.443 e. The third kappa shape index (κ3) is 2.97. The second-order valence-corrected chi connectivity index (χ2v) is 5.53. The smallest absolute Gasteiger partial charge is 0.421 e. The van der Waals surface area contributed by atoms with Crippen LogP contribution in [0.15, 0.2) is 35.2 Å². The zero-order valence-electron chi connectivity index (χ0n) is 12.3. The van der Waals surface area contributed by atoms with E-state index in [1.54, 1.807) is 18.2 Å². The van der Waals surface area contributed by atoms with Gasteiger partial charge in [0.1, 0.15) is 16.9 Å². The zero-order valence-corrected chi connectivity index (χ0v) is 12.3. The fourth-order valence-corrected chi connectivity index (χ4v) is 2.24. The van der Waals surface area contributed by atoms with Gasteiger partial charge >= 0.3 is 6.18 Å². The summed E-state index contributed by atoms with van der Waals surface area (Å²) >= 11 is 0. The summed E-state index contributed by atoms with van der Waals surface area (Å²) in [5.74, 6) is -0.131. The number of nitrogens with zero attached hydrogens (tertiary/aromatic N) is 3. The molecular formula is C15H12F3N5O. The van der Waals surface area contributed by atoms with Gasteiger partial charge in [-0.25, -0.2) is 9.97 Å². The highest BCUT2D eigenvalue weighted by molar-refractivity contribution is 5.77. The van der Waals surface area contributed by atoms with Gasteiger partial charge in [0, 0.05) is 24.0 Å². The van der Waals surface area contributed by atoms with Crippen molar-refractivity contribution < 1.29 is 17.6 Å². The molecule has 1 aliphatic carbocycles. The minimum Gasteiger partial charge on any atom is -0.443 e. The molecule has 0 unspecified atom stereocenters. The number of benzene rings is 1. The van der Waals surface area contributed by atoms with E-state index in [0.29, 0.717) is 16.8 Å². The van der Waals surface area contributed by atoms with Crippen molar-refractivity contribution in [2.24, 2.45) is 0 Å². The summed E-state index contributed by atoms with van der Waals surface area (Å²) in [4.78, 5) is 11.7. The molecule has 0 bridgehead atoms. The summed E-state index contributed by atoms with van der Waals surface area (Å²) < 4.78 is 44.4. The first kappa shape index (κ1) is 14.7. The van der Waals surface area contributed by atoms with Crippen molar-refractivity contribution in [1.29, 1.82) is 0 Å². The Kier molecular flexibility index (Phi) is 3.29. The molecule has 9 heteroatoms. The Morgan fingerprint density at radius 2 is 2.00 bits per heavy atom. The fourth-order valence-electron chi connectivity index (χ4n) is 2.24. The van der Waals surface area contributed by atoms with Gasteiger partial charge in [-0.15, -0.1) is 0 Å². The van der Waals surface area contributed by atoms with Crippen LogP contribution in [0.1, 0.15) is 18.4 Å². The predicted octanol–water partition coefficient (Wildman–Crippen LogP) is 3.95. The summed E-state index contributed by atoms with van der Waals surface area (Å²) in [6, 6.07) is 5.17. The topological polar surface area (TPSA) is 75.9 Å². The molecule has 3 aromatic rings. The van der Waals surface area contributed by atoms with E-state index in [2.05, 4.69) is 25.6 Å². The fraction of sp³-hybridized carbons (Fsp3) is 0.267. The van der Waals surface area contributed by atoms with Crippen LogP contribution in [-0.2, 0) is 6.18 Å². The highest BCUT2D eigenvalue weighted by Gasteiger charge is 2.36. The van der Waals surface area contributed by atoms with Crippen LogP contribution in [0, 0.1) is 0 Å². The zero-order chi connectivity index (χ0) is 16.7. The van der Waals surface area contributed by atoms with E-state index in [1.165, 1.54) is 6.39 Å². The van der Waals surface area contributed by atoms with Crippen LogP contribution in [0.5, 0.6) is 0 Å². The predicted molar refractivity (Wildman–Crippen MR) is 81.0 cm³/mol. The maximum absolute atomic E-state index is 13.1. The molecule has 4 rings (SSSR count). The van der Waals surface area contributed by atoms with Gasteiger partial charge < -0.3 is 15.1 Å². The first-order chi connectivity index (χ1) is 11.5. The van der Waals surface area contributed by atoms with Crippen molar-refractivity contribution in [3.05, 3.63) is 36.4 Å². The van der Waals surface area contributed by atoms with Gasteiger partial charge in [-0.1, -0.05) is 0 Å². The molecule has 124 valence electrons. The monoisotopic (exact) mass is 335 g/mol. The molecule has 24 heavy (non-hydrogen) atoms. The molecule has 0 spiro atoms. The van der Waals surface area contributed by atoms with Crippen molar-refractivity contribution in [1.82, 2.24) is 15.0 Å². The number of aromatic nitrogens is 3. The quantitative estimate of drug-likeness (QED) is 0.752. The van der Waals surface area contributed by atoms with Gasteiger partial charge in [0.05, 0.1) is 0 Å². The van der Waals surface area contributed by atoms with E-state index in [-0.39, 0.29) is 17.8 Å². The van der Waals surface area contributed by atoms with Gasteiger partial charge in [-0.2, -0.15) is 18.2 Å². The average molecular weight is 335 g/mol. The van der Waals surface area contributed by atoms with Gasteiger partial charge in [0.2, 0.25) is 5.95 Å². The van der Waals surface area contributed by atoms with Gasteiger partial charge in [-0.05, 0) is 25.0 Å². The van der Waals surface area contributed by atoms with Crippen molar-refractivity contribution in [2.45, 2.75) is 25.1 Å². The van der Waals surface area contributed by atoms with Crippen LogP contribution in [0.2, 0.25) is 0 Å². The number of halogens is 3. The first-order valence-corrected chi connectivity index (χ1v) is 7.30. The molecule has 0 atom stereocenters. The van der Waals surface area contributed by atoms with Crippen LogP contribution in [-0.4, -0.2) is 21.0 Å².